The summed E-state index contributed by atoms with van der Waals surface area (Å²) in [7, 11) is 0. The van der Waals surface area contributed by atoms with Crippen molar-refractivity contribution >= 4 is 39.5 Å². The van der Waals surface area contributed by atoms with Crippen LogP contribution in [0.15, 0.2) is 53.5 Å². The van der Waals surface area contributed by atoms with Gasteiger partial charge in [-0.05, 0) is 18.2 Å². The minimum Gasteiger partial charge on any atom is -0.492 e. The molecule has 0 radical (unpaired) electrons. The van der Waals surface area contributed by atoms with E-state index in [9.17, 15) is 14.7 Å². The van der Waals surface area contributed by atoms with E-state index in [0.717, 1.165) is 11.3 Å². The lowest BCUT2D eigenvalue weighted by Crippen LogP contribution is -2.22. The summed E-state index contributed by atoms with van der Waals surface area (Å²) in [6.45, 7) is 0. The van der Waals surface area contributed by atoms with E-state index in [1.54, 1.807) is 48.5 Å². The first-order valence-corrected chi connectivity index (χ1v) is 8.44. The average Bonchev–Trinajstić information content (AvgIpc) is 3.13. The van der Waals surface area contributed by atoms with Gasteiger partial charge in [-0.15, -0.1) is 0 Å². The maximum absolute atomic E-state index is 12.3. The van der Waals surface area contributed by atoms with Gasteiger partial charge in [-0.25, -0.2) is 4.99 Å². The number of carbonyl (C=O) groups excluding carboxylic acids is 2. The van der Waals surface area contributed by atoms with Crippen molar-refractivity contribution in [2.75, 3.05) is 5.32 Å². The average molecular weight is 364 g/mol. The molecule has 0 bridgehead atoms. The van der Waals surface area contributed by atoms with Gasteiger partial charge >= 0.3 is 0 Å². The zero-order valence-corrected chi connectivity index (χ0v) is 14.1. The first-order valence-electron chi connectivity index (χ1n) is 7.63. The third-order valence-electron chi connectivity index (χ3n) is 3.88. The van der Waals surface area contributed by atoms with Crippen LogP contribution in [-0.2, 0) is 4.79 Å². The SMILES string of the molecule is NC(=O)c1ccccc1Nc1nc(O)c(C2=c3ccccc3=NC2=O)s1. The second kappa shape index (κ2) is 6.08. The monoisotopic (exact) mass is 364 g/mol. The van der Waals surface area contributed by atoms with Crippen LogP contribution in [0.3, 0.4) is 0 Å². The number of aromatic nitrogens is 1. The smallest absolute Gasteiger partial charge is 0.279 e. The fourth-order valence-electron chi connectivity index (χ4n) is 2.73. The quantitative estimate of drug-likeness (QED) is 0.640. The number of primary amides is 1. The zero-order valence-electron chi connectivity index (χ0n) is 13.3. The number of nitrogens with zero attached hydrogens (tertiary/aromatic N) is 2. The number of hydrogen-bond acceptors (Lipinski definition) is 6. The molecule has 128 valence electrons. The number of para-hydroxylation sites is 2. The second-order valence-electron chi connectivity index (χ2n) is 5.52. The molecule has 0 fully saturated rings. The van der Waals surface area contributed by atoms with Crippen LogP contribution in [0.2, 0.25) is 0 Å². The fourth-order valence-corrected chi connectivity index (χ4v) is 3.66. The summed E-state index contributed by atoms with van der Waals surface area (Å²) < 4.78 is 0. The van der Waals surface area contributed by atoms with E-state index in [4.69, 9.17) is 5.73 Å². The van der Waals surface area contributed by atoms with Crippen molar-refractivity contribution in [2.24, 2.45) is 10.7 Å². The van der Waals surface area contributed by atoms with Crippen LogP contribution in [-0.4, -0.2) is 21.9 Å². The summed E-state index contributed by atoms with van der Waals surface area (Å²) in [5.41, 5.74) is 6.45. The molecule has 1 aliphatic rings. The number of thiazole rings is 1. The summed E-state index contributed by atoms with van der Waals surface area (Å²) in [4.78, 5) is 32.2. The normalized spacial score (nSPS) is 12.6. The van der Waals surface area contributed by atoms with E-state index in [1.807, 2.05) is 0 Å². The zero-order chi connectivity index (χ0) is 18.3. The highest BCUT2D eigenvalue weighted by Gasteiger charge is 2.24. The van der Waals surface area contributed by atoms with Gasteiger partial charge in [0.05, 0.1) is 22.2 Å². The number of carbonyl (C=O) groups is 2. The standard InChI is InChI=1S/C18H12N4O3S/c19-15(23)10-6-2-4-8-12(10)21-18-22-17(25)14(26-18)13-9-5-1-3-7-11(9)20-16(13)24/h1-8,25H,(H2,19,23)(H,21,22). The molecule has 1 aliphatic heterocycles. The maximum atomic E-state index is 12.3. The van der Waals surface area contributed by atoms with E-state index in [-0.39, 0.29) is 5.88 Å². The van der Waals surface area contributed by atoms with Crippen molar-refractivity contribution in [1.29, 1.82) is 0 Å². The molecule has 0 saturated heterocycles. The molecule has 3 aromatic rings. The van der Waals surface area contributed by atoms with Gasteiger partial charge in [0.25, 0.3) is 11.8 Å². The molecule has 4 N–H and O–H groups in total. The van der Waals surface area contributed by atoms with Gasteiger partial charge in [-0.2, -0.15) is 4.98 Å². The predicted octanol–water partition coefficient (Wildman–Crippen LogP) is 1.05. The second-order valence-corrected chi connectivity index (χ2v) is 6.51. The third-order valence-corrected chi connectivity index (χ3v) is 4.86. The van der Waals surface area contributed by atoms with Crippen LogP contribution in [0.4, 0.5) is 10.8 Å². The summed E-state index contributed by atoms with van der Waals surface area (Å²) in [5, 5.41) is 14.8. The van der Waals surface area contributed by atoms with Gasteiger partial charge in [0.1, 0.15) is 4.88 Å². The lowest BCUT2D eigenvalue weighted by Gasteiger charge is -2.06. The number of amides is 2. The van der Waals surface area contributed by atoms with Gasteiger partial charge < -0.3 is 16.2 Å². The Morgan fingerprint density at radius 3 is 2.65 bits per heavy atom. The Balaban J connectivity index is 1.78. The van der Waals surface area contributed by atoms with Gasteiger partial charge in [0.2, 0.25) is 5.88 Å². The predicted molar refractivity (Wildman–Crippen MR) is 96.8 cm³/mol. The van der Waals surface area contributed by atoms with Crippen molar-refractivity contribution in [1.82, 2.24) is 4.98 Å². The topological polar surface area (TPSA) is 118 Å². The van der Waals surface area contributed by atoms with E-state index in [0.29, 0.717) is 37.4 Å². The molecule has 2 amide bonds. The Kier molecular flexibility index (Phi) is 3.74. The highest BCUT2D eigenvalue weighted by molar-refractivity contribution is 7.17. The lowest BCUT2D eigenvalue weighted by molar-refractivity contribution is -0.112. The van der Waals surface area contributed by atoms with Crippen molar-refractivity contribution < 1.29 is 14.7 Å². The van der Waals surface area contributed by atoms with E-state index >= 15 is 0 Å². The summed E-state index contributed by atoms with van der Waals surface area (Å²) in [6, 6.07) is 13.8. The maximum Gasteiger partial charge on any atom is 0.279 e. The number of rotatable bonds is 4. The van der Waals surface area contributed by atoms with Gasteiger partial charge in [-0.3, -0.25) is 9.59 Å². The van der Waals surface area contributed by atoms with Crippen molar-refractivity contribution in [3.8, 4) is 5.88 Å². The number of nitrogens with one attached hydrogen (secondary N) is 1. The number of fused-ring (bicyclic) bond motifs is 1. The minimum absolute atomic E-state index is 0.274. The van der Waals surface area contributed by atoms with E-state index in [1.165, 1.54) is 0 Å². The van der Waals surface area contributed by atoms with Crippen LogP contribution in [0.5, 0.6) is 5.88 Å². The third kappa shape index (κ3) is 2.62. The molecule has 4 rings (SSSR count). The molecular formula is C18H12N4O3S. The minimum atomic E-state index is -0.581. The van der Waals surface area contributed by atoms with Crippen molar-refractivity contribution in [2.45, 2.75) is 0 Å². The van der Waals surface area contributed by atoms with Crippen molar-refractivity contribution in [3.05, 3.63) is 69.5 Å². The van der Waals surface area contributed by atoms with Crippen LogP contribution < -0.4 is 21.6 Å². The number of nitrogens with two attached hydrogens (primary N) is 1. The Morgan fingerprint density at radius 1 is 1.12 bits per heavy atom. The number of hydrogen-bond donors (Lipinski definition) is 3. The largest absolute Gasteiger partial charge is 0.492 e. The lowest BCUT2D eigenvalue weighted by atomic mass is 10.1. The molecule has 26 heavy (non-hydrogen) atoms. The van der Waals surface area contributed by atoms with Crippen LogP contribution in [0.1, 0.15) is 15.2 Å². The van der Waals surface area contributed by atoms with Gasteiger partial charge in [-0.1, -0.05) is 41.7 Å². The molecule has 0 saturated carbocycles. The summed E-state index contributed by atoms with van der Waals surface area (Å²) in [6.07, 6.45) is 0. The molecule has 2 heterocycles. The van der Waals surface area contributed by atoms with Gasteiger partial charge in [0, 0.05) is 5.22 Å². The molecule has 1 aromatic heterocycles. The van der Waals surface area contributed by atoms with Crippen LogP contribution in [0.25, 0.3) is 5.57 Å². The molecule has 0 spiro atoms. The molecular weight excluding hydrogens is 352 g/mol. The highest BCUT2D eigenvalue weighted by Crippen LogP contribution is 2.35. The van der Waals surface area contributed by atoms with Crippen molar-refractivity contribution in [3.63, 3.8) is 0 Å². The molecule has 2 aromatic carbocycles. The van der Waals surface area contributed by atoms with Crippen LogP contribution >= 0.6 is 11.3 Å². The summed E-state index contributed by atoms with van der Waals surface area (Å²) in [5.74, 6) is -1.28. The summed E-state index contributed by atoms with van der Waals surface area (Å²) >= 11 is 1.10. The van der Waals surface area contributed by atoms with E-state index in [2.05, 4.69) is 15.3 Å². The number of aromatic hydroxyl groups is 1. The van der Waals surface area contributed by atoms with Gasteiger partial charge in [0.15, 0.2) is 5.13 Å². The molecule has 0 atom stereocenters. The molecule has 7 nitrogen and oxygen atoms in total. The first kappa shape index (κ1) is 16.0. The molecule has 8 heteroatoms. The molecule has 0 aliphatic carbocycles. The Labute approximate surface area is 151 Å². The Hall–Kier alpha value is -3.52. The highest BCUT2D eigenvalue weighted by atomic mass is 32.1. The number of anilines is 2. The Morgan fingerprint density at radius 2 is 1.85 bits per heavy atom. The van der Waals surface area contributed by atoms with Crippen LogP contribution in [0, 0.1) is 0 Å². The fraction of sp³-hybridized carbons (Fsp3) is 0. The number of benzene rings is 2. The van der Waals surface area contributed by atoms with E-state index < -0.39 is 11.8 Å². The first-order chi connectivity index (χ1) is 12.5. The Bertz CT molecular complexity index is 1180. The molecule has 0 unspecified atom stereocenters.